The predicted molar refractivity (Wildman–Crippen MR) is 100.0 cm³/mol. The number of carbonyl (C=O) groups excluding carboxylic acids is 1. The van der Waals surface area contributed by atoms with Crippen molar-refractivity contribution in [3.8, 4) is 11.5 Å². The number of thiazole rings is 1. The van der Waals surface area contributed by atoms with E-state index in [-0.39, 0.29) is 29.1 Å². The molecule has 0 fully saturated rings. The number of Topliss-reactive ketones (excluding diaryl/α,β-unsaturated/α-hetero) is 1. The maximum absolute atomic E-state index is 13.1. The van der Waals surface area contributed by atoms with E-state index in [0.717, 1.165) is 15.6 Å². The lowest BCUT2D eigenvalue weighted by Gasteiger charge is -2.21. The second kappa shape index (κ2) is 7.01. The van der Waals surface area contributed by atoms with Crippen LogP contribution in [0.1, 0.15) is 10.4 Å². The summed E-state index contributed by atoms with van der Waals surface area (Å²) in [6, 6.07) is 12.7. The fourth-order valence-electron chi connectivity index (χ4n) is 2.61. The van der Waals surface area contributed by atoms with Crippen LogP contribution < -0.4 is 13.8 Å². The van der Waals surface area contributed by atoms with Crippen molar-refractivity contribution in [2.75, 3.05) is 17.6 Å². The van der Waals surface area contributed by atoms with Gasteiger partial charge in [0.1, 0.15) is 6.54 Å². The number of anilines is 1. The summed E-state index contributed by atoms with van der Waals surface area (Å²) < 4.78 is 37.7. The van der Waals surface area contributed by atoms with Crippen LogP contribution in [0, 0.1) is 0 Å². The highest BCUT2D eigenvalue weighted by Gasteiger charge is 2.29. The van der Waals surface area contributed by atoms with Gasteiger partial charge in [0.05, 0.1) is 4.90 Å². The Labute approximate surface area is 159 Å². The third kappa shape index (κ3) is 3.38. The van der Waals surface area contributed by atoms with E-state index in [1.54, 1.807) is 41.8 Å². The zero-order chi connectivity index (χ0) is 18.9. The highest BCUT2D eigenvalue weighted by Crippen LogP contribution is 2.33. The lowest BCUT2D eigenvalue weighted by atomic mass is 10.1. The molecule has 0 atom stereocenters. The summed E-state index contributed by atoms with van der Waals surface area (Å²) in [6.07, 6.45) is 1.50. The van der Waals surface area contributed by atoms with Crippen molar-refractivity contribution in [3.63, 3.8) is 0 Å². The lowest BCUT2D eigenvalue weighted by molar-refractivity contribution is 0.100. The summed E-state index contributed by atoms with van der Waals surface area (Å²) in [5.41, 5.74) is 0.337. The molecular weight excluding hydrogens is 388 g/mol. The van der Waals surface area contributed by atoms with Gasteiger partial charge in [0.25, 0.3) is 10.0 Å². The van der Waals surface area contributed by atoms with Crippen LogP contribution >= 0.6 is 11.3 Å². The maximum atomic E-state index is 13.1. The fourth-order valence-corrected chi connectivity index (χ4v) is 4.87. The molecule has 2 heterocycles. The Balaban J connectivity index is 1.67. The van der Waals surface area contributed by atoms with Crippen LogP contribution in [0.4, 0.5) is 5.13 Å². The largest absolute Gasteiger partial charge is 0.454 e. The number of hydrogen-bond acceptors (Lipinski definition) is 7. The Bertz CT molecular complexity index is 1070. The van der Waals surface area contributed by atoms with Gasteiger partial charge in [-0.3, -0.25) is 4.79 Å². The fraction of sp³-hybridized carbons (Fsp3) is 0.111. The first-order valence-corrected chi connectivity index (χ1v) is 10.3. The van der Waals surface area contributed by atoms with Crippen LogP contribution in [0.5, 0.6) is 11.5 Å². The van der Waals surface area contributed by atoms with Gasteiger partial charge >= 0.3 is 0 Å². The summed E-state index contributed by atoms with van der Waals surface area (Å²) in [4.78, 5) is 17.0. The second-order valence-electron chi connectivity index (χ2n) is 5.63. The predicted octanol–water partition coefficient (Wildman–Crippen LogP) is 2.95. The quantitative estimate of drug-likeness (QED) is 0.589. The minimum atomic E-state index is -3.93. The summed E-state index contributed by atoms with van der Waals surface area (Å²) in [6.45, 7) is -0.273. The Kier molecular flexibility index (Phi) is 4.54. The van der Waals surface area contributed by atoms with E-state index in [2.05, 4.69) is 4.98 Å². The zero-order valence-corrected chi connectivity index (χ0v) is 15.6. The van der Waals surface area contributed by atoms with Gasteiger partial charge in [-0.25, -0.2) is 17.7 Å². The number of carbonyl (C=O) groups is 1. The molecule has 0 spiro atoms. The number of rotatable bonds is 6. The van der Waals surface area contributed by atoms with E-state index in [4.69, 9.17) is 9.47 Å². The van der Waals surface area contributed by atoms with Crippen LogP contribution in [0.15, 0.2) is 65.0 Å². The SMILES string of the molecule is O=C(CN(c1nccs1)S(=O)(=O)c1ccccc1)c1ccc2c(c1)OCO2. The molecule has 4 rings (SSSR count). The third-order valence-electron chi connectivity index (χ3n) is 3.95. The van der Waals surface area contributed by atoms with Gasteiger partial charge in [-0.1, -0.05) is 18.2 Å². The van der Waals surface area contributed by atoms with Crippen molar-refractivity contribution in [1.82, 2.24) is 4.98 Å². The van der Waals surface area contributed by atoms with Crippen molar-refractivity contribution in [2.45, 2.75) is 4.90 Å². The van der Waals surface area contributed by atoms with Crippen molar-refractivity contribution in [2.24, 2.45) is 0 Å². The summed E-state index contributed by atoms with van der Waals surface area (Å²) in [5, 5.41) is 1.89. The lowest BCUT2D eigenvalue weighted by Crippen LogP contribution is -2.35. The minimum Gasteiger partial charge on any atom is -0.454 e. The van der Waals surface area contributed by atoms with E-state index in [0.29, 0.717) is 17.1 Å². The number of ketones is 1. The van der Waals surface area contributed by atoms with E-state index in [1.807, 2.05) is 0 Å². The van der Waals surface area contributed by atoms with E-state index in [1.165, 1.54) is 18.3 Å². The van der Waals surface area contributed by atoms with Crippen LogP contribution in [0.25, 0.3) is 0 Å². The highest BCUT2D eigenvalue weighted by molar-refractivity contribution is 7.93. The Morgan fingerprint density at radius 3 is 2.63 bits per heavy atom. The van der Waals surface area contributed by atoms with Crippen LogP contribution in [0.2, 0.25) is 0 Å². The standard InChI is InChI=1S/C18H14N2O5S2/c21-15(13-6-7-16-17(10-13)25-12-24-16)11-20(18-19-8-9-26-18)27(22,23)14-4-2-1-3-5-14/h1-10H,11-12H2. The van der Waals surface area contributed by atoms with Crippen molar-refractivity contribution < 1.29 is 22.7 Å². The van der Waals surface area contributed by atoms with Crippen molar-refractivity contribution in [1.29, 1.82) is 0 Å². The summed E-state index contributed by atoms with van der Waals surface area (Å²) in [7, 11) is -3.93. The van der Waals surface area contributed by atoms with Crippen LogP contribution in [-0.4, -0.2) is 32.5 Å². The molecule has 0 saturated carbocycles. The molecule has 0 aliphatic carbocycles. The number of benzene rings is 2. The number of sulfonamides is 1. The minimum absolute atomic E-state index is 0.0960. The molecule has 138 valence electrons. The van der Waals surface area contributed by atoms with Crippen LogP contribution in [0.3, 0.4) is 0 Å². The average Bonchev–Trinajstić information content (AvgIpc) is 3.37. The molecule has 0 radical (unpaired) electrons. The monoisotopic (exact) mass is 402 g/mol. The van der Waals surface area contributed by atoms with Crippen molar-refractivity contribution >= 4 is 32.3 Å². The third-order valence-corrected chi connectivity index (χ3v) is 6.61. The number of aromatic nitrogens is 1. The molecule has 2 aromatic carbocycles. The van der Waals surface area contributed by atoms with E-state index in [9.17, 15) is 13.2 Å². The molecule has 0 unspecified atom stereocenters. The smallest absolute Gasteiger partial charge is 0.266 e. The molecule has 7 nitrogen and oxygen atoms in total. The Morgan fingerprint density at radius 2 is 1.89 bits per heavy atom. The van der Waals surface area contributed by atoms with Gasteiger partial charge < -0.3 is 9.47 Å². The highest BCUT2D eigenvalue weighted by atomic mass is 32.2. The average molecular weight is 402 g/mol. The molecule has 9 heteroatoms. The molecule has 0 saturated heterocycles. The normalized spacial score (nSPS) is 12.7. The van der Waals surface area contributed by atoms with Crippen LogP contribution in [-0.2, 0) is 10.0 Å². The first kappa shape index (κ1) is 17.5. The molecular formula is C18H14N2O5S2. The number of ether oxygens (including phenoxy) is 2. The van der Waals surface area contributed by atoms with Gasteiger partial charge in [0.2, 0.25) is 6.79 Å². The number of hydrogen-bond donors (Lipinski definition) is 0. The Hall–Kier alpha value is -2.91. The maximum Gasteiger partial charge on any atom is 0.266 e. The topological polar surface area (TPSA) is 85.8 Å². The van der Waals surface area contributed by atoms with Gasteiger partial charge in [-0.05, 0) is 30.3 Å². The van der Waals surface area contributed by atoms with Gasteiger partial charge in [0, 0.05) is 17.1 Å². The Morgan fingerprint density at radius 1 is 1.11 bits per heavy atom. The van der Waals surface area contributed by atoms with Gasteiger partial charge in [-0.2, -0.15) is 0 Å². The first-order valence-electron chi connectivity index (χ1n) is 7.96. The van der Waals surface area contributed by atoms with Gasteiger partial charge in [-0.15, -0.1) is 11.3 Å². The van der Waals surface area contributed by atoms with E-state index >= 15 is 0 Å². The molecule has 3 aromatic rings. The van der Waals surface area contributed by atoms with Crippen molar-refractivity contribution in [3.05, 3.63) is 65.7 Å². The molecule has 1 aromatic heterocycles. The second-order valence-corrected chi connectivity index (χ2v) is 8.37. The molecule has 0 amide bonds. The van der Waals surface area contributed by atoms with Gasteiger partial charge in [0.15, 0.2) is 22.4 Å². The zero-order valence-electron chi connectivity index (χ0n) is 13.9. The van der Waals surface area contributed by atoms with E-state index < -0.39 is 10.0 Å². The first-order chi connectivity index (χ1) is 13.1. The molecule has 0 bridgehead atoms. The summed E-state index contributed by atoms with van der Waals surface area (Å²) in [5.74, 6) is 0.649. The molecule has 1 aliphatic heterocycles. The molecule has 27 heavy (non-hydrogen) atoms. The number of nitrogens with zero attached hydrogens (tertiary/aromatic N) is 2. The summed E-state index contributed by atoms with van der Waals surface area (Å²) >= 11 is 1.15. The molecule has 1 aliphatic rings. The number of fused-ring (bicyclic) bond motifs is 1. The molecule has 0 N–H and O–H groups in total.